The molecule has 0 aliphatic rings. The molecular formula is C17H17ClFNO2. The molecule has 1 amide bonds. The van der Waals surface area contributed by atoms with E-state index in [0.717, 1.165) is 5.56 Å². The standard InChI is InChI=1S/C17H17ClFNO2/c1-12(22-16-9-7-15(19)8-10-16)17(21)20(2)11-13-3-5-14(18)6-4-13/h3-10,12H,11H2,1-2H3/t12-/m0/s1. The van der Waals surface area contributed by atoms with E-state index in [1.165, 1.54) is 24.3 Å². The second-order valence-electron chi connectivity index (χ2n) is 5.03. The van der Waals surface area contributed by atoms with Crippen molar-refractivity contribution in [3.63, 3.8) is 0 Å². The lowest BCUT2D eigenvalue weighted by Crippen LogP contribution is -2.37. The van der Waals surface area contributed by atoms with E-state index in [2.05, 4.69) is 0 Å². The van der Waals surface area contributed by atoms with Crippen molar-refractivity contribution >= 4 is 17.5 Å². The average Bonchev–Trinajstić information content (AvgIpc) is 2.51. The molecule has 2 aromatic rings. The Bertz CT molecular complexity index is 573. The van der Waals surface area contributed by atoms with E-state index in [-0.39, 0.29) is 11.7 Å². The van der Waals surface area contributed by atoms with Gasteiger partial charge < -0.3 is 9.64 Å². The Morgan fingerprint density at radius 1 is 1.18 bits per heavy atom. The van der Waals surface area contributed by atoms with Crippen molar-refractivity contribution in [3.05, 3.63) is 64.9 Å². The highest BCUT2D eigenvalue weighted by Gasteiger charge is 2.19. The predicted octanol–water partition coefficient (Wildman–Crippen LogP) is 3.91. The number of benzene rings is 2. The van der Waals surface area contributed by atoms with E-state index in [1.54, 1.807) is 31.0 Å². The van der Waals surface area contributed by atoms with E-state index >= 15 is 0 Å². The summed E-state index contributed by atoms with van der Waals surface area (Å²) < 4.78 is 18.4. The summed E-state index contributed by atoms with van der Waals surface area (Å²) in [6.45, 7) is 2.14. The summed E-state index contributed by atoms with van der Waals surface area (Å²) >= 11 is 5.84. The van der Waals surface area contributed by atoms with Gasteiger partial charge in [-0.05, 0) is 48.9 Å². The van der Waals surface area contributed by atoms with E-state index in [9.17, 15) is 9.18 Å². The maximum absolute atomic E-state index is 12.8. The third-order valence-electron chi connectivity index (χ3n) is 3.18. The fourth-order valence-corrected chi connectivity index (χ4v) is 2.15. The van der Waals surface area contributed by atoms with Crippen molar-refractivity contribution in [1.29, 1.82) is 0 Å². The van der Waals surface area contributed by atoms with Crippen molar-refractivity contribution < 1.29 is 13.9 Å². The third kappa shape index (κ3) is 4.46. The van der Waals surface area contributed by atoms with Crippen molar-refractivity contribution in [2.75, 3.05) is 7.05 Å². The Labute approximate surface area is 134 Å². The van der Waals surface area contributed by atoms with E-state index in [4.69, 9.17) is 16.3 Å². The molecular weight excluding hydrogens is 305 g/mol. The molecule has 0 saturated heterocycles. The molecule has 0 N–H and O–H groups in total. The number of hydrogen-bond donors (Lipinski definition) is 0. The molecule has 0 saturated carbocycles. The minimum absolute atomic E-state index is 0.153. The van der Waals surface area contributed by atoms with Gasteiger partial charge >= 0.3 is 0 Å². The maximum atomic E-state index is 12.8. The molecule has 2 rings (SSSR count). The molecule has 0 aliphatic carbocycles. The molecule has 3 nitrogen and oxygen atoms in total. The number of carbonyl (C=O) groups is 1. The lowest BCUT2D eigenvalue weighted by Gasteiger charge is -2.22. The third-order valence-corrected chi connectivity index (χ3v) is 3.44. The van der Waals surface area contributed by atoms with Gasteiger partial charge in [-0.3, -0.25) is 4.79 Å². The van der Waals surface area contributed by atoms with Crippen LogP contribution in [0.4, 0.5) is 4.39 Å². The summed E-state index contributed by atoms with van der Waals surface area (Å²) in [5.74, 6) is -0.0346. The lowest BCUT2D eigenvalue weighted by atomic mass is 10.2. The molecule has 0 heterocycles. The van der Waals surface area contributed by atoms with Crippen LogP contribution in [-0.2, 0) is 11.3 Å². The van der Waals surface area contributed by atoms with Crippen molar-refractivity contribution in [3.8, 4) is 5.75 Å². The van der Waals surface area contributed by atoms with Crippen LogP contribution in [-0.4, -0.2) is 24.0 Å². The smallest absolute Gasteiger partial charge is 0.263 e. The first-order chi connectivity index (χ1) is 10.5. The van der Waals surface area contributed by atoms with E-state index < -0.39 is 6.10 Å². The molecule has 0 aromatic heterocycles. The normalized spacial score (nSPS) is 11.8. The quantitative estimate of drug-likeness (QED) is 0.835. The van der Waals surface area contributed by atoms with Crippen LogP contribution in [0.2, 0.25) is 5.02 Å². The van der Waals surface area contributed by atoms with Gasteiger partial charge in [-0.15, -0.1) is 0 Å². The number of amides is 1. The minimum Gasteiger partial charge on any atom is -0.481 e. The molecule has 0 bridgehead atoms. The molecule has 0 spiro atoms. The van der Waals surface area contributed by atoms with Gasteiger partial charge in [0.05, 0.1) is 0 Å². The maximum Gasteiger partial charge on any atom is 0.263 e. The van der Waals surface area contributed by atoms with E-state index in [0.29, 0.717) is 17.3 Å². The van der Waals surface area contributed by atoms with Crippen LogP contribution in [0.1, 0.15) is 12.5 Å². The van der Waals surface area contributed by atoms with Gasteiger partial charge in [0.2, 0.25) is 0 Å². The summed E-state index contributed by atoms with van der Waals surface area (Å²) in [6, 6.07) is 12.9. The number of halogens is 2. The molecule has 0 radical (unpaired) electrons. The van der Waals surface area contributed by atoms with Crippen LogP contribution in [0.25, 0.3) is 0 Å². The summed E-state index contributed by atoms with van der Waals surface area (Å²) in [7, 11) is 1.71. The number of likely N-dealkylation sites (N-methyl/N-ethyl adjacent to an activating group) is 1. The van der Waals surface area contributed by atoms with Crippen LogP contribution >= 0.6 is 11.6 Å². The van der Waals surface area contributed by atoms with Crippen molar-refractivity contribution in [2.24, 2.45) is 0 Å². The highest BCUT2D eigenvalue weighted by molar-refractivity contribution is 6.30. The van der Waals surface area contributed by atoms with Gasteiger partial charge in [0, 0.05) is 18.6 Å². The first kappa shape index (κ1) is 16.3. The number of hydrogen-bond acceptors (Lipinski definition) is 2. The van der Waals surface area contributed by atoms with Crippen LogP contribution in [0.15, 0.2) is 48.5 Å². The summed E-state index contributed by atoms with van der Waals surface area (Å²) in [4.78, 5) is 13.9. The largest absolute Gasteiger partial charge is 0.481 e. The molecule has 0 unspecified atom stereocenters. The van der Waals surface area contributed by atoms with Gasteiger partial charge in [-0.2, -0.15) is 0 Å². The zero-order valence-electron chi connectivity index (χ0n) is 12.4. The minimum atomic E-state index is -0.650. The van der Waals surface area contributed by atoms with Crippen LogP contribution in [0, 0.1) is 5.82 Å². The fourth-order valence-electron chi connectivity index (χ4n) is 2.02. The molecule has 0 fully saturated rings. The Kier molecular flexibility index (Phi) is 5.39. The second-order valence-corrected chi connectivity index (χ2v) is 5.47. The van der Waals surface area contributed by atoms with Crippen molar-refractivity contribution in [2.45, 2.75) is 19.6 Å². The molecule has 0 aliphatic heterocycles. The van der Waals surface area contributed by atoms with Gasteiger partial charge in [0.25, 0.3) is 5.91 Å². The fraction of sp³-hybridized carbons (Fsp3) is 0.235. The molecule has 116 valence electrons. The van der Waals surface area contributed by atoms with E-state index in [1.807, 2.05) is 12.1 Å². The predicted molar refractivity (Wildman–Crippen MR) is 84.4 cm³/mol. The van der Waals surface area contributed by atoms with Gasteiger partial charge in [0.1, 0.15) is 11.6 Å². The number of rotatable bonds is 5. The summed E-state index contributed by atoms with van der Waals surface area (Å²) in [5.41, 5.74) is 0.981. The summed E-state index contributed by atoms with van der Waals surface area (Å²) in [5, 5.41) is 0.658. The zero-order chi connectivity index (χ0) is 16.1. The Morgan fingerprint density at radius 2 is 1.77 bits per heavy atom. The topological polar surface area (TPSA) is 29.5 Å². The SMILES string of the molecule is C[C@H](Oc1ccc(F)cc1)C(=O)N(C)Cc1ccc(Cl)cc1. The Morgan fingerprint density at radius 3 is 2.36 bits per heavy atom. The Balaban J connectivity index is 1.94. The van der Waals surface area contributed by atoms with Crippen LogP contribution in [0.3, 0.4) is 0 Å². The zero-order valence-corrected chi connectivity index (χ0v) is 13.2. The lowest BCUT2D eigenvalue weighted by molar-refractivity contribution is -0.137. The number of nitrogens with zero attached hydrogens (tertiary/aromatic N) is 1. The summed E-state index contributed by atoms with van der Waals surface area (Å²) in [6.07, 6.45) is -0.650. The first-order valence-electron chi connectivity index (χ1n) is 6.87. The van der Waals surface area contributed by atoms with Gasteiger partial charge in [-0.1, -0.05) is 23.7 Å². The molecule has 1 atom stereocenters. The number of ether oxygens (including phenoxy) is 1. The Hall–Kier alpha value is -2.07. The first-order valence-corrected chi connectivity index (χ1v) is 7.25. The molecule has 22 heavy (non-hydrogen) atoms. The molecule has 5 heteroatoms. The number of carbonyl (C=O) groups excluding carboxylic acids is 1. The van der Waals surface area contributed by atoms with Gasteiger partial charge in [-0.25, -0.2) is 4.39 Å². The highest BCUT2D eigenvalue weighted by atomic mass is 35.5. The van der Waals surface area contributed by atoms with Gasteiger partial charge in [0.15, 0.2) is 6.10 Å². The molecule has 2 aromatic carbocycles. The monoisotopic (exact) mass is 321 g/mol. The average molecular weight is 322 g/mol. The second kappa shape index (κ2) is 7.27. The van der Waals surface area contributed by atoms with Crippen molar-refractivity contribution in [1.82, 2.24) is 4.90 Å². The van der Waals surface area contributed by atoms with Crippen LogP contribution in [0.5, 0.6) is 5.75 Å². The van der Waals surface area contributed by atoms with Crippen LogP contribution < -0.4 is 4.74 Å². The highest BCUT2D eigenvalue weighted by Crippen LogP contribution is 2.15.